The van der Waals surface area contributed by atoms with E-state index in [-0.39, 0.29) is 0 Å². The van der Waals surface area contributed by atoms with Gasteiger partial charge in [0.25, 0.3) is 0 Å². The molecule has 0 unspecified atom stereocenters. The van der Waals surface area contributed by atoms with Gasteiger partial charge in [0.15, 0.2) is 0 Å². The lowest BCUT2D eigenvalue weighted by atomic mass is 9.80. The summed E-state index contributed by atoms with van der Waals surface area (Å²) in [7, 11) is 3.32. The predicted octanol–water partition coefficient (Wildman–Crippen LogP) is 6.65. The zero-order valence-corrected chi connectivity index (χ0v) is 21.9. The second-order valence-corrected chi connectivity index (χ2v) is 10.5. The zero-order chi connectivity index (χ0) is 24.5. The number of hydrogen-bond donors (Lipinski definition) is 2. The highest BCUT2D eigenvalue weighted by Crippen LogP contribution is 2.31. The molecular formula is C28H44N4O2. The molecule has 0 saturated heterocycles. The first-order valence-electron chi connectivity index (χ1n) is 12.9. The minimum atomic E-state index is 0.555. The first kappa shape index (κ1) is 26.1. The molecule has 6 atom stereocenters. The van der Waals surface area contributed by atoms with E-state index in [9.17, 15) is 0 Å². The number of nitrogens with zero attached hydrogens (tertiary/aromatic N) is 2. The summed E-state index contributed by atoms with van der Waals surface area (Å²) in [5.41, 5.74) is 0. The van der Waals surface area contributed by atoms with Gasteiger partial charge in [-0.25, -0.2) is 9.97 Å². The third-order valence-corrected chi connectivity index (χ3v) is 7.53. The molecule has 4 rings (SSSR count). The summed E-state index contributed by atoms with van der Waals surface area (Å²) in [5, 5.41) is 7.09. The fourth-order valence-corrected chi connectivity index (χ4v) is 5.02. The van der Waals surface area contributed by atoms with Crippen LogP contribution in [0.3, 0.4) is 0 Å². The van der Waals surface area contributed by atoms with Crippen LogP contribution in [0.2, 0.25) is 0 Å². The molecule has 2 N–H and O–H groups in total. The fourth-order valence-electron chi connectivity index (χ4n) is 5.02. The molecule has 2 aliphatic carbocycles. The van der Waals surface area contributed by atoms with Crippen molar-refractivity contribution in [2.75, 3.05) is 24.9 Å². The Morgan fingerprint density at radius 2 is 1.06 bits per heavy atom. The molecule has 2 aromatic heterocycles. The summed E-state index contributed by atoms with van der Waals surface area (Å²) in [6.07, 6.45) is 11.4. The van der Waals surface area contributed by atoms with E-state index >= 15 is 0 Å². The number of ether oxygens (including phenoxy) is 2. The fraction of sp³-hybridized carbons (Fsp3) is 0.643. The Hall–Kier alpha value is -2.50. The Bertz CT molecular complexity index is 771. The van der Waals surface area contributed by atoms with Crippen LogP contribution in [0.15, 0.2) is 36.7 Å². The second-order valence-electron chi connectivity index (χ2n) is 10.5. The predicted molar refractivity (Wildman–Crippen MR) is 141 cm³/mol. The topological polar surface area (TPSA) is 68.3 Å². The van der Waals surface area contributed by atoms with Gasteiger partial charge >= 0.3 is 0 Å². The van der Waals surface area contributed by atoms with Crippen molar-refractivity contribution in [3.63, 3.8) is 0 Å². The molecular weight excluding hydrogens is 424 g/mol. The molecule has 188 valence electrons. The molecule has 2 saturated carbocycles. The quantitative estimate of drug-likeness (QED) is 0.494. The van der Waals surface area contributed by atoms with Crippen LogP contribution < -0.4 is 20.1 Å². The average Bonchev–Trinajstić information content (AvgIpc) is 2.85. The maximum absolute atomic E-state index is 5.11. The van der Waals surface area contributed by atoms with Crippen molar-refractivity contribution < 1.29 is 9.47 Å². The summed E-state index contributed by atoms with van der Waals surface area (Å²) in [4.78, 5) is 8.73. The summed E-state index contributed by atoms with van der Waals surface area (Å²) >= 11 is 0. The maximum atomic E-state index is 5.11. The average molecular weight is 469 g/mol. The monoisotopic (exact) mass is 468 g/mol. The van der Waals surface area contributed by atoms with Gasteiger partial charge in [0, 0.05) is 12.1 Å². The number of anilines is 2. The van der Waals surface area contributed by atoms with Gasteiger partial charge in [-0.1, -0.05) is 40.5 Å². The van der Waals surface area contributed by atoms with Crippen LogP contribution in [0, 0.1) is 23.7 Å². The normalized spacial score (nSPS) is 28.8. The Morgan fingerprint density at radius 1 is 0.647 bits per heavy atom. The van der Waals surface area contributed by atoms with Crippen LogP contribution in [0.4, 0.5) is 11.6 Å². The number of rotatable bonds is 6. The highest BCUT2D eigenvalue weighted by atomic mass is 16.5. The van der Waals surface area contributed by atoms with Crippen LogP contribution in [0.5, 0.6) is 11.5 Å². The molecule has 0 bridgehead atoms. The molecule has 2 aromatic rings. The van der Waals surface area contributed by atoms with E-state index in [1.54, 1.807) is 26.6 Å². The number of aromatic nitrogens is 2. The third kappa shape index (κ3) is 7.78. The molecule has 2 heterocycles. The van der Waals surface area contributed by atoms with Crippen molar-refractivity contribution >= 4 is 11.6 Å². The molecule has 0 aliphatic heterocycles. The van der Waals surface area contributed by atoms with Gasteiger partial charge in [0.05, 0.1) is 26.6 Å². The molecule has 2 fully saturated rings. The van der Waals surface area contributed by atoms with E-state index in [1.807, 2.05) is 24.3 Å². The van der Waals surface area contributed by atoms with Crippen molar-refractivity contribution in [3.05, 3.63) is 36.7 Å². The van der Waals surface area contributed by atoms with E-state index in [0.717, 1.165) is 46.8 Å². The van der Waals surface area contributed by atoms with Gasteiger partial charge in [-0.15, -0.1) is 0 Å². The zero-order valence-electron chi connectivity index (χ0n) is 21.9. The first-order chi connectivity index (χ1) is 16.4. The summed E-state index contributed by atoms with van der Waals surface area (Å²) in [5.74, 6) is 6.63. The van der Waals surface area contributed by atoms with Crippen LogP contribution >= 0.6 is 0 Å². The lowest BCUT2D eigenvalue weighted by Crippen LogP contribution is -2.33. The molecule has 6 heteroatoms. The lowest BCUT2D eigenvalue weighted by molar-refractivity contribution is 0.280. The van der Waals surface area contributed by atoms with Crippen molar-refractivity contribution in [1.82, 2.24) is 9.97 Å². The van der Waals surface area contributed by atoms with Gasteiger partial charge in [0.1, 0.15) is 23.1 Å². The van der Waals surface area contributed by atoms with Crippen LogP contribution in [0.25, 0.3) is 0 Å². The van der Waals surface area contributed by atoms with Gasteiger partial charge in [0.2, 0.25) is 0 Å². The molecule has 0 amide bonds. The highest BCUT2D eigenvalue weighted by Gasteiger charge is 2.26. The second kappa shape index (κ2) is 12.8. The van der Waals surface area contributed by atoms with Crippen LogP contribution in [-0.2, 0) is 0 Å². The Kier molecular flexibility index (Phi) is 9.85. The van der Waals surface area contributed by atoms with Gasteiger partial charge < -0.3 is 20.1 Å². The standard InChI is InChI=1S/2C14H22N2O/c2*1-10-4-5-11(2)13(8-10)16-14-7-6-12(17-3)9-15-14/h2*6-7,9-11,13H,4-5,8H2,1-3H3,(H,15,16)/t10-,11-,13+;10-,11-,13-/m11/s1. The molecule has 0 radical (unpaired) electrons. The minimum absolute atomic E-state index is 0.555. The molecule has 0 aromatic carbocycles. The Labute approximate surface area is 206 Å². The van der Waals surface area contributed by atoms with E-state index in [1.165, 1.54) is 38.5 Å². The number of pyridine rings is 2. The Morgan fingerprint density at radius 3 is 1.38 bits per heavy atom. The lowest BCUT2D eigenvalue weighted by Gasteiger charge is -2.33. The summed E-state index contributed by atoms with van der Waals surface area (Å²) in [6, 6.07) is 8.99. The van der Waals surface area contributed by atoms with Crippen molar-refractivity contribution in [2.24, 2.45) is 23.7 Å². The SMILES string of the molecule is COc1ccc(N[C@@H]2C[C@H](C)CC[C@H]2C)nc1.COc1ccc(N[C@H]2C[C@H](C)CC[C@H]2C)nc1. The molecule has 2 aliphatic rings. The number of nitrogens with one attached hydrogen (secondary N) is 2. The number of hydrogen-bond acceptors (Lipinski definition) is 6. The van der Waals surface area contributed by atoms with Crippen LogP contribution in [0.1, 0.15) is 66.2 Å². The molecule has 0 spiro atoms. The van der Waals surface area contributed by atoms with Gasteiger partial charge in [-0.3, -0.25) is 0 Å². The van der Waals surface area contributed by atoms with Crippen LogP contribution in [-0.4, -0.2) is 36.3 Å². The highest BCUT2D eigenvalue weighted by molar-refractivity contribution is 5.39. The molecule has 6 nitrogen and oxygen atoms in total. The largest absolute Gasteiger partial charge is 0.495 e. The Balaban J connectivity index is 0.000000191. The first-order valence-corrected chi connectivity index (χ1v) is 12.9. The maximum Gasteiger partial charge on any atom is 0.137 e. The summed E-state index contributed by atoms with van der Waals surface area (Å²) in [6.45, 7) is 9.32. The van der Waals surface area contributed by atoms with E-state index in [0.29, 0.717) is 12.1 Å². The third-order valence-electron chi connectivity index (χ3n) is 7.53. The van der Waals surface area contributed by atoms with Gasteiger partial charge in [-0.05, 0) is 73.6 Å². The van der Waals surface area contributed by atoms with Crippen molar-refractivity contribution in [1.29, 1.82) is 0 Å². The van der Waals surface area contributed by atoms with Crippen molar-refractivity contribution in [2.45, 2.75) is 78.3 Å². The van der Waals surface area contributed by atoms with E-state index in [2.05, 4.69) is 48.3 Å². The summed E-state index contributed by atoms with van der Waals surface area (Å²) < 4.78 is 10.2. The van der Waals surface area contributed by atoms with Crippen molar-refractivity contribution in [3.8, 4) is 11.5 Å². The molecule has 34 heavy (non-hydrogen) atoms. The van der Waals surface area contributed by atoms with Gasteiger partial charge in [-0.2, -0.15) is 0 Å². The minimum Gasteiger partial charge on any atom is -0.495 e. The number of methoxy groups -OCH3 is 2. The van der Waals surface area contributed by atoms with E-state index < -0.39 is 0 Å². The van der Waals surface area contributed by atoms with E-state index in [4.69, 9.17) is 9.47 Å². The smallest absolute Gasteiger partial charge is 0.137 e.